The normalized spacial score (nSPS) is 19.1. The minimum Gasteiger partial charge on any atom is -0.317 e. The van der Waals surface area contributed by atoms with E-state index in [1.54, 1.807) is 0 Å². The van der Waals surface area contributed by atoms with Crippen molar-refractivity contribution in [2.75, 3.05) is 39.3 Å². The molecule has 112 valence electrons. The quantitative estimate of drug-likeness (QED) is 0.770. The molecule has 1 aromatic rings. The van der Waals surface area contributed by atoms with Gasteiger partial charge < -0.3 is 5.32 Å². The second-order valence-electron chi connectivity index (χ2n) is 5.79. The van der Waals surface area contributed by atoms with Crippen LogP contribution in [0.15, 0.2) is 30.3 Å². The van der Waals surface area contributed by atoms with Crippen molar-refractivity contribution in [3.05, 3.63) is 35.9 Å². The lowest BCUT2D eigenvalue weighted by Gasteiger charge is -2.38. The lowest BCUT2D eigenvalue weighted by molar-refractivity contribution is 0.0946. The van der Waals surface area contributed by atoms with Crippen LogP contribution in [0.3, 0.4) is 0 Å². The summed E-state index contributed by atoms with van der Waals surface area (Å²) in [6.45, 7) is 12.7. The minimum absolute atomic E-state index is 0.702. The molecule has 1 aromatic carbocycles. The molecule has 0 radical (unpaired) electrons. The summed E-state index contributed by atoms with van der Waals surface area (Å²) in [6, 6.07) is 11.5. The van der Waals surface area contributed by atoms with Crippen molar-refractivity contribution in [2.24, 2.45) is 0 Å². The van der Waals surface area contributed by atoms with E-state index in [4.69, 9.17) is 0 Å². The maximum absolute atomic E-state index is 3.42. The van der Waals surface area contributed by atoms with E-state index in [0.717, 1.165) is 19.6 Å². The Morgan fingerprint density at radius 1 is 1.10 bits per heavy atom. The Kier molecular flexibility index (Phi) is 6.51. The van der Waals surface area contributed by atoms with E-state index in [2.05, 4.69) is 59.3 Å². The second kappa shape index (κ2) is 8.40. The van der Waals surface area contributed by atoms with Crippen LogP contribution in [0, 0.1) is 0 Å². The zero-order valence-corrected chi connectivity index (χ0v) is 13.0. The fourth-order valence-electron chi connectivity index (χ4n) is 2.87. The average molecular weight is 275 g/mol. The summed E-state index contributed by atoms with van der Waals surface area (Å²) in [5, 5.41) is 3.42. The second-order valence-corrected chi connectivity index (χ2v) is 5.79. The number of benzene rings is 1. The summed E-state index contributed by atoms with van der Waals surface area (Å²) in [5.74, 6) is 0. The van der Waals surface area contributed by atoms with Crippen molar-refractivity contribution in [2.45, 2.75) is 32.9 Å². The predicted molar refractivity (Wildman–Crippen MR) is 85.9 cm³/mol. The van der Waals surface area contributed by atoms with Crippen LogP contribution in [-0.4, -0.2) is 55.1 Å². The SMILES string of the molecule is CCNCCC(C)N1CCN(Cc2ccccc2)CC1. The number of piperazine rings is 1. The zero-order valence-electron chi connectivity index (χ0n) is 13.0. The summed E-state index contributed by atoms with van der Waals surface area (Å²) in [7, 11) is 0. The Balaban J connectivity index is 1.69. The van der Waals surface area contributed by atoms with E-state index in [0.29, 0.717) is 6.04 Å². The maximum Gasteiger partial charge on any atom is 0.0234 e. The molecule has 20 heavy (non-hydrogen) atoms. The van der Waals surface area contributed by atoms with Crippen LogP contribution in [0.2, 0.25) is 0 Å². The molecule has 0 amide bonds. The van der Waals surface area contributed by atoms with E-state index in [9.17, 15) is 0 Å². The molecule has 1 heterocycles. The molecule has 0 saturated carbocycles. The number of nitrogens with one attached hydrogen (secondary N) is 1. The van der Waals surface area contributed by atoms with Gasteiger partial charge in [-0.25, -0.2) is 0 Å². The van der Waals surface area contributed by atoms with Crippen molar-refractivity contribution in [3.8, 4) is 0 Å². The molecule has 0 spiro atoms. The van der Waals surface area contributed by atoms with Crippen LogP contribution in [0.25, 0.3) is 0 Å². The first-order chi connectivity index (χ1) is 9.79. The number of hydrogen-bond acceptors (Lipinski definition) is 3. The van der Waals surface area contributed by atoms with E-state index in [-0.39, 0.29) is 0 Å². The fourth-order valence-corrected chi connectivity index (χ4v) is 2.87. The van der Waals surface area contributed by atoms with Gasteiger partial charge in [0.15, 0.2) is 0 Å². The van der Waals surface area contributed by atoms with Crippen LogP contribution in [0.4, 0.5) is 0 Å². The van der Waals surface area contributed by atoms with Crippen molar-refractivity contribution in [1.29, 1.82) is 0 Å². The molecule has 0 aromatic heterocycles. The third-order valence-corrected chi connectivity index (χ3v) is 4.27. The van der Waals surface area contributed by atoms with Crippen molar-refractivity contribution < 1.29 is 0 Å². The van der Waals surface area contributed by atoms with E-state index in [1.165, 1.54) is 38.2 Å². The molecule has 1 unspecified atom stereocenters. The maximum atomic E-state index is 3.42. The smallest absolute Gasteiger partial charge is 0.0234 e. The first-order valence-corrected chi connectivity index (χ1v) is 8.00. The Bertz CT molecular complexity index is 358. The standard InChI is InChI=1S/C17H29N3/c1-3-18-10-9-16(2)20-13-11-19(12-14-20)15-17-7-5-4-6-8-17/h4-8,16,18H,3,9-15H2,1-2H3. The van der Waals surface area contributed by atoms with Crippen LogP contribution < -0.4 is 5.32 Å². The zero-order chi connectivity index (χ0) is 14.2. The molecule has 3 nitrogen and oxygen atoms in total. The molecule has 0 bridgehead atoms. The highest BCUT2D eigenvalue weighted by Crippen LogP contribution is 2.11. The molecular weight excluding hydrogens is 246 g/mol. The number of rotatable bonds is 7. The van der Waals surface area contributed by atoms with Gasteiger partial charge in [0.1, 0.15) is 0 Å². The summed E-state index contributed by atoms with van der Waals surface area (Å²) in [4.78, 5) is 5.21. The topological polar surface area (TPSA) is 18.5 Å². The van der Waals surface area contributed by atoms with Crippen LogP contribution in [0.1, 0.15) is 25.8 Å². The molecule has 1 saturated heterocycles. The first kappa shape index (κ1) is 15.5. The van der Waals surface area contributed by atoms with Gasteiger partial charge in [-0.3, -0.25) is 9.80 Å². The molecule has 1 N–H and O–H groups in total. The van der Waals surface area contributed by atoms with Crippen molar-refractivity contribution in [3.63, 3.8) is 0 Å². The number of nitrogens with zero attached hydrogens (tertiary/aromatic N) is 2. The molecule has 1 fully saturated rings. The lowest BCUT2D eigenvalue weighted by Crippen LogP contribution is -2.49. The first-order valence-electron chi connectivity index (χ1n) is 8.00. The van der Waals surface area contributed by atoms with Gasteiger partial charge >= 0.3 is 0 Å². The lowest BCUT2D eigenvalue weighted by atomic mass is 10.1. The van der Waals surface area contributed by atoms with Gasteiger partial charge in [-0.15, -0.1) is 0 Å². The van der Waals surface area contributed by atoms with Crippen LogP contribution in [0.5, 0.6) is 0 Å². The largest absolute Gasteiger partial charge is 0.317 e. The molecule has 1 atom stereocenters. The molecular formula is C17H29N3. The predicted octanol–water partition coefficient (Wildman–Crippen LogP) is 2.19. The van der Waals surface area contributed by atoms with Crippen LogP contribution >= 0.6 is 0 Å². The Labute approximate surface area is 124 Å². The third-order valence-electron chi connectivity index (χ3n) is 4.27. The van der Waals surface area contributed by atoms with Gasteiger partial charge in [-0.2, -0.15) is 0 Å². The molecule has 3 heteroatoms. The summed E-state index contributed by atoms with van der Waals surface area (Å²) >= 11 is 0. The summed E-state index contributed by atoms with van der Waals surface area (Å²) in [6.07, 6.45) is 1.26. The van der Waals surface area contributed by atoms with Gasteiger partial charge in [0.25, 0.3) is 0 Å². The molecule has 1 aliphatic heterocycles. The van der Waals surface area contributed by atoms with Gasteiger partial charge in [0.2, 0.25) is 0 Å². The van der Waals surface area contributed by atoms with Crippen molar-refractivity contribution >= 4 is 0 Å². The monoisotopic (exact) mass is 275 g/mol. The Morgan fingerprint density at radius 3 is 2.45 bits per heavy atom. The van der Waals surface area contributed by atoms with E-state index >= 15 is 0 Å². The highest BCUT2D eigenvalue weighted by Gasteiger charge is 2.20. The average Bonchev–Trinajstić information content (AvgIpc) is 2.49. The van der Waals surface area contributed by atoms with Gasteiger partial charge in [0.05, 0.1) is 0 Å². The Morgan fingerprint density at radius 2 is 1.80 bits per heavy atom. The van der Waals surface area contributed by atoms with Gasteiger partial charge in [0, 0.05) is 38.8 Å². The van der Waals surface area contributed by atoms with Gasteiger partial charge in [-0.1, -0.05) is 37.3 Å². The highest BCUT2D eigenvalue weighted by molar-refractivity contribution is 5.14. The summed E-state index contributed by atoms with van der Waals surface area (Å²) in [5.41, 5.74) is 1.43. The molecule has 2 rings (SSSR count). The van der Waals surface area contributed by atoms with Crippen molar-refractivity contribution in [1.82, 2.24) is 15.1 Å². The molecule has 0 aliphatic carbocycles. The summed E-state index contributed by atoms with van der Waals surface area (Å²) < 4.78 is 0. The molecule has 1 aliphatic rings. The number of hydrogen-bond donors (Lipinski definition) is 1. The van der Waals surface area contributed by atoms with Crippen LogP contribution in [-0.2, 0) is 6.54 Å². The fraction of sp³-hybridized carbons (Fsp3) is 0.647. The van der Waals surface area contributed by atoms with Gasteiger partial charge in [-0.05, 0) is 32.0 Å². The van der Waals surface area contributed by atoms with E-state index in [1.807, 2.05) is 0 Å². The Hall–Kier alpha value is -0.900. The highest BCUT2D eigenvalue weighted by atomic mass is 15.3. The van der Waals surface area contributed by atoms with E-state index < -0.39 is 0 Å². The minimum atomic E-state index is 0.702. The third kappa shape index (κ3) is 4.89.